The Kier molecular flexibility index (Phi) is 1.49. The van der Waals surface area contributed by atoms with Gasteiger partial charge in [0.2, 0.25) is 0 Å². The molecule has 0 spiro atoms. The maximum absolute atomic E-state index is 4.66. The van der Waals surface area contributed by atoms with E-state index < -0.39 is 0 Å². The highest BCUT2D eigenvalue weighted by Gasteiger charge is 2.16. The number of hydrogen-bond acceptors (Lipinski definition) is 1. The van der Waals surface area contributed by atoms with Crippen molar-refractivity contribution in [1.82, 2.24) is 9.55 Å². The van der Waals surface area contributed by atoms with Gasteiger partial charge in [-0.05, 0) is 43.5 Å². The van der Waals surface area contributed by atoms with Crippen LogP contribution in [0.25, 0.3) is 11.0 Å². The first-order valence-electron chi connectivity index (χ1n) is 5.22. The van der Waals surface area contributed by atoms with Crippen LogP contribution >= 0.6 is 0 Å². The molecule has 0 aliphatic carbocycles. The molecular formula is C12H14N2. The van der Waals surface area contributed by atoms with E-state index in [4.69, 9.17) is 0 Å². The van der Waals surface area contributed by atoms with Crippen molar-refractivity contribution in [3.8, 4) is 0 Å². The van der Waals surface area contributed by atoms with Gasteiger partial charge in [-0.25, -0.2) is 4.98 Å². The number of nitrogens with zero attached hydrogens (tertiary/aromatic N) is 2. The zero-order valence-corrected chi connectivity index (χ0v) is 8.67. The highest BCUT2D eigenvalue weighted by Crippen LogP contribution is 2.24. The fraction of sp³-hybridized carbons (Fsp3) is 0.417. The summed E-state index contributed by atoms with van der Waals surface area (Å²) in [5.41, 5.74) is 5.20. The van der Waals surface area contributed by atoms with Crippen LogP contribution in [0.3, 0.4) is 0 Å². The Labute approximate surface area is 83.6 Å². The minimum atomic E-state index is 1.15. The number of fused-ring (bicyclic) bond motifs is 3. The quantitative estimate of drug-likeness (QED) is 0.618. The third kappa shape index (κ3) is 0.939. The lowest BCUT2D eigenvalue weighted by Gasteiger charge is -2.02. The van der Waals surface area contributed by atoms with Crippen LogP contribution in [0.2, 0.25) is 0 Å². The van der Waals surface area contributed by atoms with Crippen LogP contribution in [0, 0.1) is 13.8 Å². The Morgan fingerprint density at radius 1 is 1.21 bits per heavy atom. The number of benzene rings is 1. The minimum absolute atomic E-state index is 1.15. The van der Waals surface area contributed by atoms with Crippen LogP contribution < -0.4 is 0 Å². The lowest BCUT2D eigenvalue weighted by Crippen LogP contribution is -1.92. The van der Waals surface area contributed by atoms with Crippen molar-refractivity contribution >= 4 is 11.0 Å². The fourth-order valence-corrected chi connectivity index (χ4v) is 2.27. The van der Waals surface area contributed by atoms with E-state index in [2.05, 4.69) is 35.5 Å². The van der Waals surface area contributed by atoms with Crippen molar-refractivity contribution < 1.29 is 0 Å². The molecular weight excluding hydrogens is 172 g/mol. The molecule has 0 saturated heterocycles. The first kappa shape index (κ1) is 8.04. The molecule has 3 rings (SSSR count). The molecule has 0 bridgehead atoms. The van der Waals surface area contributed by atoms with E-state index in [0.29, 0.717) is 0 Å². The van der Waals surface area contributed by atoms with Gasteiger partial charge >= 0.3 is 0 Å². The third-order valence-corrected chi connectivity index (χ3v) is 3.22. The zero-order valence-electron chi connectivity index (χ0n) is 8.67. The Hall–Kier alpha value is -1.31. The third-order valence-electron chi connectivity index (χ3n) is 3.22. The van der Waals surface area contributed by atoms with Crippen molar-refractivity contribution in [2.24, 2.45) is 0 Å². The van der Waals surface area contributed by atoms with Gasteiger partial charge in [0.05, 0.1) is 11.0 Å². The first-order chi connectivity index (χ1) is 6.75. The molecule has 0 unspecified atom stereocenters. The van der Waals surface area contributed by atoms with E-state index in [9.17, 15) is 0 Å². The molecule has 0 N–H and O–H groups in total. The van der Waals surface area contributed by atoms with E-state index in [1.54, 1.807) is 0 Å². The summed E-state index contributed by atoms with van der Waals surface area (Å²) in [6.07, 6.45) is 2.40. The highest BCUT2D eigenvalue weighted by molar-refractivity contribution is 5.78. The van der Waals surface area contributed by atoms with Crippen molar-refractivity contribution in [3.63, 3.8) is 0 Å². The van der Waals surface area contributed by atoms with Crippen molar-refractivity contribution in [2.75, 3.05) is 0 Å². The molecule has 1 aliphatic rings. The molecule has 0 radical (unpaired) electrons. The van der Waals surface area contributed by atoms with Crippen molar-refractivity contribution in [2.45, 2.75) is 33.2 Å². The molecule has 0 amide bonds. The van der Waals surface area contributed by atoms with Gasteiger partial charge in [-0.15, -0.1) is 0 Å². The van der Waals surface area contributed by atoms with Crippen LogP contribution in [0.15, 0.2) is 12.1 Å². The van der Waals surface area contributed by atoms with E-state index >= 15 is 0 Å². The predicted molar refractivity (Wildman–Crippen MR) is 57.5 cm³/mol. The van der Waals surface area contributed by atoms with E-state index in [-0.39, 0.29) is 0 Å². The Morgan fingerprint density at radius 2 is 2.00 bits per heavy atom. The fourth-order valence-electron chi connectivity index (χ4n) is 2.27. The van der Waals surface area contributed by atoms with Gasteiger partial charge in [0.1, 0.15) is 5.82 Å². The molecule has 14 heavy (non-hydrogen) atoms. The van der Waals surface area contributed by atoms with Crippen molar-refractivity contribution in [1.29, 1.82) is 0 Å². The maximum atomic E-state index is 4.66. The number of aromatic nitrogens is 2. The van der Waals surface area contributed by atoms with Crippen LogP contribution in [0.4, 0.5) is 0 Å². The summed E-state index contributed by atoms with van der Waals surface area (Å²) in [5.74, 6) is 1.27. The van der Waals surface area contributed by atoms with Crippen LogP contribution in [-0.2, 0) is 13.0 Å². The first-order valence-corrected chi connectivity index (χ1v) is 5.22. The van der Waals surface area contributed by atoms with Gasteiger partial charge in [-0.1, -0.05) is 0 Å². The second-order valence-electron chi connectivity index (χ2n) is 4.21. The molecule has 0 fully saturated rings. The van der Waals surface area contributed by atoms with E-state index in [1.807, 2.05) is 0 Å². The average Bonchev–Trinajstić information content (AvgIpc) is 2.68. The lowest BCUT2D eigenvalue weighted by molar-refractivity contribution is 0.771. The standard InChI is InChI=1S/C12H14N2/c1-8-6-10-11(7-9(8)2)14-5-3-4-12(14)13-10/h6-7H,3-5H2,1-2H3. The Bertz CT molecular complexity index is 509. The molecule has 2 nitrogen and oxygen atoms in total. The van der Waals surface area contributed by atoms with Crippen LogP contribution in [-0.4, -0.2) is 9.55 Å². The molecule has 0 saturated carbocycles. The summed E-state index contributed by atoms with van der Waals surface area (Å²) in [6.45, 7) is 5.47. The molecule has 0 atom stereocenters. The molecule has 72 valence electrons. The number of aryl methyl sites for hydroxylation is 4. The highest BCUT2D eigenvalue weighted by atomic mass is 15.1. The predicted octanol–water partition coefficient (Wildman–Crippen LogP) is 2.60. The average molecular weight is 186 g/mol. The van der Waals surface area contributed by atoms with Crippen molar-refractivity contribution in [3.05, 3.63) is 29.1 Å². The van der Waals surface area contributed by atoms with Gasteiger partial charge in [0.25, 0.3) is 0 Å². The van der Waals surface area contributed by atoms with Gasteiger partial charge in [-0.2, -0.15) is 0 Å². The molecule has 1 aliphatic heterocycles. The van der Waals surface area contributed by atoms with Gasteiger partial charge in [0.15, 0.2) is 0 Å². The smallest absolute Gasteiger partial charge is 0.109 e. The minimum Gasteiger partial charge on any atom is -0.328 e. The summed E-state index contributed by atoms with van der Waals surface area (Å²) >= 11 is 0. The summed E-state index contributed by atoms with van der Waals surface area (Å²) < 4.78 is 2.36. The van der Waals surface area contributed by atoms with E-state index in [1.165, 1.54) is 34.4 Å². The zero-order chi connectivity index (χ0) is 9.71. The number of imidazole rings is 1. The van der Waals surface area contributed by atoms with E-state index in [0.717, 1.165) is 13.0 Å². The Morgan fingerprint density at radius 3 is 2.86 bits per heavy atom. The monoisotopic (exact) mass is 186 g/mol. The molecule has 2 heteroatoms. The molecule has 2 heterocycles. The second kappa shape index (κ2) is 2.59. The molecule has 1 aromatic heterocycles. The topological polar surface area (TPSA) is 17.8 Å². The second-order valence-corrected chi connectivity index (χ2v) is 4.21. The van der Waals surface area contributed by atoms with Crippen LogP contribution in [0.5, 0.6) is 0 Å². The summed E-state index contributed by atoms with van der Waals surface area (Å²) in [5, 5.41) is 0. The molecule has 1 aromatic carbocycles. The van der Waals surface area contributed by atoms with Crippen LogP contribution in [0.1, 0.15) is 23.4 Å². The number of hydrogen-bond donors (Lipinski definition) is 0. The number of rotatable bonds is 0. The van der Waals surface area contributed by atoms with Gasteiger partial charge < -0.3 is 4.57 Å². The summed E-state index contributed by atoms with van der Waals surface area (Å²) in [4.78, 5) is 4.66. The van der Waals surface area contributed by atoms with Gasteiger partial charge in [0, 0.05) is 13.0 Å². The summed E-state index contributed by atoms with van der Waals surface area (Å²) in [6, 6.07) is 4.47. The Balaban J connectivity index is 2.39. The maximum Gasteiger partial charge on any atom is 0.109 e. The normalized spacial score (nSPS) is 15.0. The SMILES string of the molecule is Cc1cc2nc3n(c2cc1C)CCC3. The molecule has 2 aromatic rings. The lowest BCUT2D eigenvalue weighted by atomic mass is 10.1. The van der Waals surface area contributed by atoms with Gasteiger partial charge in [-0.3, -0.25) is 0 Å². The largest absolute Gasteiger partial charge is 0.328 e. The summed E-state index contributed by atoms with van der Waals surface area (Å²) in [7, 11) is 0.